The molecular weight excluding hydrogens is 496 g/mol. The number of aromatic amines is 1. The number of aromatic nitrogens is 2. The summed E-state index contributed by atoms with van der Waals surface area (Å²) in [5.74, 6) is 0.924. The lowest BCUT2D eigenvalue weighted by Gasteiger charge is -2.45. The summed E-state index contributed by atoms with van der Waals surface area (Å²) in [4.78, 5) is 13.8. The second kappa shape index (κ2) is 7.09. The largest absolute Gasteiger partial charge is 0.349 e. The number of rotatable bonds is 1. The van der Waals surface area contributed by atoms with Gasteiger partial charge in [0.1, 0.15) is 5.82 Å². The topological polar surface area (TPSA) is 35.2 Å². The molecule has 8 rings (SSSR count). The lowest BCUT2D eigenvalue weighted by molar-refractivity contribution is 0.651. The highest BCUT2D eigenvalue weighted by molar-refractivity contribution is 9.10. The van der Waals surface area contributed by atoms with Crippen LogP contribution in [-0.2, 0) is 13.1 Å². The van der Waals surface area contributed by atoms with E-state index in [2.05, 4.69) is 116 Å². The lowest BCUT2D eigenvalue weighted by Crippen LogP contribution is -2.46. The SMILES string of the molecule is Brc1ccc2c(c1)N1Cc3ccc(-c4nc5c6ccccc6c6ccccc6c5[nH]4)cc3N(C2)C1. The molecule has 0 saturated carbocycles. The van der Waals surface area contributed by atoms with Crippen molar-refractivity contribution in [3.8, 4) is 11.4 Å². The summed E-state index contributed by atoms with van der Waals surface area (Å²) >= 11 is 3.64. The van der Waals surface area contributed by atoms with Crippen molar-refractivity contribution in [2.45, 2.75) is 13.1 Å². The Hall–Kier alpha value is -3.83. The first kappa shape index (κ1) is 19.5. The molecule has 2 bridgehead atoms. The molecule has 4 nitrogen and oxygen atoms in total. The van der Waals surface area contributed by atoms with Crippen molar-refractivity contribution in [3.05, 3.63) is 101 Å². The van der Waals surface area contributed by atoms with Crippen molar-refractivity contribution < 1.29 is 0 Å². The number of anilines is 2. The van der Waals surface area contributed by atoms with E-state index in [-0.39, 0.29) is 0 Å². The maximum Gasteiger partial charge on any atom is 0.138 e. The Kier molecular flexibility index (Phi) is 3.95. The van der Waals surface area contributed by atoms with E-state index < -0.39 is 0 Å². The Morgan fingerprint density at radius 1 is 0.686 bits per heavy atom. The number of nitrogens with one attached hydrogen (secondary N) is 1. The van der Waals surface area contributed by atoms with E-state index in [0.717, 1.165) is 46.7 Å². The van der Waals surface area contributed by atoms with Gasteiger partial charge in [0.15, 0.2) is 0 Å². The molecule has 0 fully saturated rings. The van der Waals surface area contributed by atoms with E-state index in [1.54, 1.807) is 0 Å². The average Bonchev–Trinajstić information content (AvgIpc) is 3.35. The van der Waals surface area contributed by atoms with Gasteiger partial charge in [-0.2, -0.15) is 0 Å². The number of nitrogens with zero attached hydrogens (tertiary/aromatic N) is 3. The summed E-state index contributed by atoms with van der Waals surface area (Å²) in [7, 11) is 0. The molecule has 0 amide bonds. The molecular formula is C30H21BrN4. The Bertz CT molecular complexity index is 1750. The summed E-state index contributed by atoms with van der Waals surface area (Å²) < 4.78 is 1.13. The number of H-pyrrole nitrogens is 1. The van der Waals surface area contributed by atoms with Gasteiger partial charge in [-0.15, -0.1) is 0 Å². The zero-order valence-corrected chi connectivity index (χ0v) is 20.5. The summed E-state index contributed by atoms with van der Waals surface area (Å²) in [6.07, 6.45) is 0. The Morgan fingerprint density at radius 2 is 1.31 bits per heavy atom. The van der Waals surface area contributed by atoms with E-state index in [9.17, 15) is 0 Å². The van der Waals surface area contributed by atoms with Gasteiger partial charge >= 0.3 is 0 Å². The third kappa shape index (κ3) is 2.82. The molecule has 0 saturated heterocycles. The molecule has 0 radical (unpaired) electrons. The van der Waals surface area contributed by atoms with Gasteiger partial charge < -0.3 is 14.8 Å². The van der Waals surface area contributed by atoms with Crippen LogP contribution in [0.3, 0.4) is 0 Å². The van der Waals surface area contributed by atoms with Crippen LogP contribution in [0.1, 0.15) is 11.1 Å². The lowest BCUT2D eigenvalue weighted by atomic mass is 10.00. The Morgan fingerprint density at radius 3 is 2.09 bits per heavy atom. The van der Waals surface area contributed by atoms with Gasteiger partial charge in [-0.05, 0) is 40.1 Å². The molecule has 1 aromatic heterocycles. The zero-order chi connectivity index (χ0) is 23.1. The van der Waals surface area contributed by atoms with Crippen LogP contribution >= 0.6 is 15.9 Å². The minimum atomic E-state index is 0.912. The van der Waals surface area contributed by atoms with Crippen molar-refractivity contribution in [2.75, 3.05) is 16.5 Å². The fourth-order valence-electron chi connectivity index (χ4n) is 5.90. The van der Waals surface area contributed by atoms with Crippen molar-refractivity contribution in [1.82, 2.24) is 9.97 Å². The molecule has 0 unspecified atom stereocenters. The standard InChI is InChI=1S/C30H21BrN4/c31-21-12-11-20-16-34-17-35(27(20)14-21)15-19-10-9-18(13-26(19)34)30-32-28-24-7-3-1-5-22(24)23-6-2-4-8-25(23)29(28)33-30/h1-14H,15-17H2,(H,32,33). The van der Waals surface area contributed by atoms with Gasteiger partial charge in [0.05, 0.1) is 17.7 Å². The minimum absolute atomic E-state index is 0.912. The molecule has 2 aliphatic heterocycles. The number of benzene rings is 5. The fourth-order valence-corrected chi connectivity index (χ4v) is 6.25. The van der Waals surface area contributed by atoms with Crippen LogP contribution in [0.5, 0.6) is 0 Å². The highest BCUT2D eigenvalue weighted by atomic mass is 79.9. The van der Waals surface area contributed by atoms with Crippen molar-refractivity contribution in [1.29, 1.82) is 0 Å². The van der Waals surface area contributed by atoms with Crippen LogP contribution in [0.25, 0.3) is 44.0 Å². The maximum atomic E-state index is 5.15. The van der Waals surface area contributed by atoms with Crippen molar-refractivity contribution in [3.63, 3.8) is 0 Å². The zero-order valence-electron chi connectivity index (χ0n) is 18.9. The average molecular weight is 517 g/mol. The molecule has 5 heteroatoms. The molecule has 5 aromatic carbocycles. The first-order valence-corrected chi connectivity index (χ1v) is 12.7. The molecule has 1 N–H and O–H groups in total. The Labute approximate surface area is 210 Å². The van der Waals surface area contributed by atoms with Gasteiger partial charge in [0.25, 0.3) is 0 Å². The first-order chi connectivity index (χ1) is 17.2. The molecule has 2 aliphatic rings. The summed E-state index contributed by atoms with van der Waals surface area (Å²) in [6.45, 7) is 2.76. The van der Waals surface area contributed by atoms with Crippen LogP contribution in [0.2, 0.25) is 0 Å². The summed E-state index contributed by atoms with van der Waals surface area (Å²) in [5, 5.41) is 4.91. The van der Waals surface area contributed by atoms with E-state index in [0.29, 0.717) is 0 Å². The number of imidazole rings is 1. The Balaban J connectivity index is 1.29. The fraction of sp³-hybridized carbons (Fsp3) is 0.100. The number of fused-ring (bicyclic) bond motifs is 12. The minimum Gasteiger partial charge on any atom is -0.349 e. The first-order valence-electron chi connectivity index (χ1n) is 11.9. The smallest absolute Gasteiger partial charge is 0.138 e. The second-order valence-electron chi connectivity index (χ2n) is 9.55. The van der Waals surface area contributed by atoms with Crippen LogP contribution < -0.4 is 9.80 Å². The van der Waals surface area contributed by atoms with Crippen LogP contribution in [0.15, 0.2) is 89.4 Å². The van der Waals surface area contributed by atoms with Crippen molar-refractivity contribution >= 4 is 59.9 Å². The maximum absolute atomic E-state index is 5.15. The molecule has 0 spiro atoms. The van der Waals surface area contributed by atoms with E-state index in [1.165, 1.54) is 44.0 Å². The predicted molar refractivity (Wildman–Crippen MR) is 148 cm³/mol. The number of hydrogen-bond acceptors (Lipinski definition) is 3. The van der Waals surface area contributed by atoms with Gasteiger partial charge in [-0.1, -0.05) is 82.7 Å². The quantitative estimate of drug-likeness (QED) is 0.228. The number of halogens is 1. The van der Waals surface area contributed by atoms with Gasteiger partial charge in [-0.3, -0.25) is 0 Å². The van der Waals surface area contributed by atoms with Crippen LogP contribution in [0, 0.1) is 0 Å². The molecule has 6 aromatic rings. The second-order valence-corrected chi connectivity index (χ2v) is 10.5. The molecule has 0 aliphatic carbocycles. The van der Waals surface area contributed by atoms with Crippen molar-refractivity contribution in [2.24, 2.45) is 0 Å². The molecule has 3 heterocycles. The third-order valence-electron chi connectivity index (χ3n) is 7.52. The van der Waals surface area contributed by atoms with E-state index >= 15 is 0 Å². The van der Waals surface area contributed by atoms with Gasteiger partial charge in [0, 0.05) is 45.3 Å². The van der Waals surface area contributed by atoms with Crippen LogP contribution in [-0.4, -0.2) is 16.6 Å². The normalized spacial score (nSPS) is 14.5. The van der Waals surface area contributed by atoms with Gasteiger partial charge in [0.2, 0.25) is 0 Å². The highest BCUT2D eigenvalue weighted by Crippen LogP contribution is 2.41. The third-order valence-corrected chi connectivity index (χ3v) is 8.02. The van der Waals surface area contributed by atoms with E-state index in [4.69, 9.17) is 4.98 Å². The summed E-state index contributed by atoms with van der Waals surface area (Å²) in [5.41, 5.74) is 8.65. The van der Waals surface area contributed by atoms with E-state index in [1.807, 2.05) is 0 Å². The number of hydrogen-bond donors (Lipinski definition) is 1. The molecule has 168 valence electrons. The highest BCUT2D eigenvalue weighted by Gasteiger charge is 2.29. The predicted octanol–water partition coefficient (Wildman–Crippen LogP) is 7.60. The van der Waals surface area contributed by atoms with Crippen LogP contribution in [0.4, 0.5) is 11.4 Å². The van der Waals surface area contributed by atoms with Gasteiger partial charge in [-0.25, -0.2) is 4.98 Å². The summed E-state index contributed by atoms with van der Waals surface area (Å²) in [6, 6.07) is 30.6. The molecule has 0 atom stereocenters. The monoisotopic (exact) mass is 516 g/mol. The molecule has 35 heavy (non-hydrogen) atoms.